The fraction of sp³-hybridized carbons (Fsp3) is 0.556. The third-order valence-corrected chi connectivity index (χ3v) is 3.05. The molecule has 0 aliphatic carbocycles. The van der Waals surface area contributed by atoms with Gasteiger partial charge in [-0.2, -0.15) is 0 Å². The van der Waals surface area contributed by atoms with E-state index < -0.39 is 6.10 Å². The maximum atomic E-state index is 9.90. The molecule has 0 saturated carbocycles. The van der Waals surface area contributed by atoms with Gasteiger partial charge in [0, 0.05) is 6.04 Å². The van der Waals surface area contributed by atoms with Crippen LogP contribution in [0.4, 0.5) is 0 Å². The number of aliphatic hydroxyl groups is 1. The van der Waals surface area contributed by atoms with E-state index in [4.69, 9.17) is 4.42 Å². The van der Waals surface area contributed by atoms with Gasteiger partial charge < -0.3 is 14.8 Å². The van der Waals surface area contributed by atoms with Crippen molar-refractivity contribution in [3.8, 4) is 0 Å². The maximum absolute atomic E-state index is 9.90. The summed E-state index contributed by atoms with van der Waals surface area (Å²) in [5, 5.41) is 13.1. The molecular formula is C9H12BrNO2. The van der Waals surface area contributed by atoms with Gasteiger partial charge in [0.2, 0.25) is 0 Å². The van der Waals surface area contributed by atoms with Crippen LogP contribution in [0.15, 0.2) is 21.2 Å². The number of aliphatic hydroxyl groups excluding tert-OH is 1. The molecule has 2 N–H and O–H groups in total. The summed E-state index contributed by atoms with van der Waals surface area (Å²) >= 11 is 3.33. The number of halogens is 1. The Morgan fingerprint density at radius 3 is 3.08 bits per heavy atom. The minimum absolute atomic E-state index is 0.141. The van der Waals surface area contributed by atoms with Gasteiger partial charge >= 0.3 is 0 Å². The zero-order valence-electron chi connectivity index (χ0n) is 7.16. The molecular weight excluding hydrogens is 234 g/mol. The minimum atomic E-state index is -0.535. The van der Waals surface area contributed by atoms with Gasteiger partial charge in [0.25, 0.3) is 0 Å². The van der Waals surface area contributed by atoms with Crippen molar-refractivity contribution < 1.29 is 9.52 Å². The van der Waals surface area contributed by atoms with Crippen molar-refractivity contribution in [3.05, 3.63) is 22.6 Å². The van der Waals surface area contributed by atoms with Crippen LogP contribution in [0.3, 0.4) is 0 Å². The first-order valence-corrected chi connectivity index (χ1v) is 5.22. The number of furan rings is 1. The zero-order valence-corrected chi connectivity index (χ0v) is 8.75. The molecule has 1 aromatic heterocycles. The van der Waals surface area contributed by atoms with Crippen LogP contribution in [0.2, 0.25) is 0 Å². The van der Waals surface area contributed by atoms with Gasteiger partial charge in [0.1, 0.15) is 11.9 Å². The lowest BCUT2D eigenvalue weighted by Crippen LogP contribution is -2.28. The molecule has 0 spiro atoms. The highest BCUT2D eigenvalue weighted by Crippen LogP contribution is 2.29. The Morgan fingerprint density at radius 2 is 2.54 bits per heavy atom. The third-order valence-electron chi connectivity index (χ3n) is 2.39. The number of nitrogens with one attached hydrogen (secondary N) is 1. The monoisotopic (exact) mass is 245 g/mol. The van der Waals surface area contributed by atoms with E-state index in [2.05, 4.69) is 21.2 Å². The molecule has 0 aromatic carbocycles. The smallest absolute Gasteiger partial charge is 0.147 e. The van der Waals surface area contributed by atoms with Crippen LogP contribution in [0.25, 0.3) is 0 Å². The van der Waals surface area contributed by atoms with Crippen LogP contribution in [0, 0.1) is 0 Å². The van der Waals surface area contributed by atoms with Crippen molar-refractivity contribution in [3.63, 3.8) is 0 Å². The fourth-order valence-electron chi connectivity index (χ4n) is 1.68. The van der Waals surface area contributed by atoms with E-state index in [1.807, 2.05) is 0 Å². The average molecular weight is 246 g/mol. The summed E-state index contributed by atoms with van der Waals surface area (Å²) in [4.78, 5) is 0. The summed E-state index contributed by atoms with van der Waals surface area (Å²) < 4.78 is 6.04. The van der Waals surface area contributed by atoms with Gasteiger partial charge in [0.05, 0.1) is 10.7 Å². The highest BCUT2D eigenvalue weighted by molar-refractivity contribution is 9.10. The highest BCUT2D eigenvalue weighted by atomic mass is 79.9. The summed E-state index contributed by atoms with van der Waals surface area (Å²) in [7, 11) is 0. The van der Waals surface area contributed by atoms with Crippen molar-refractivity contribution in [2.45, 2.75) is 25.0 Å². The second-order valence-electron chi connectivity index (χ2n) is 3.28. The lowest BCUT2D eigenvalue weighted by Gasteiger charge is -2.16. The van der Waals surface area contributed by atoms with E-state index in [0.29, 0.717) is 5.76 Å². The molecule has 1 aromatic rings. The molecule has 1 unspecified atom stereocenters. The van der Waals surface area contributed by atoms with E-state index in [1.165, 1.54) is 0 Å². The van der Waals surface area contributed by atoms with Crippen molar-refractivity contribution in [1.82, 2.24) is 5.32 Å². The summed E-state index contributed by atoms with van der Waals surface area (Å²) in [6.07, 6.45) is 3.18. The number of rotatable bonds is 2. The molecule has 72 valence electrons. The molecule has 1 fully saturated rings. The first kappa shape index (κ1) is 9.24. The highest BCUT2D eigenvalue weighted by Gasteiger charge is 2.27. The summed E-state index contributed by atoms with van der Waals surface area (Å²) in [5.41, 5.74) is 0. The minimum Gasteiger partial charge on any atom is -0.465 e. The molecule has 2 atom stereocenters. The molecule has 1 saturated heterocycles. The Bertz CT molecular complexity index is 281. The molecule has 0 amide bonds. The van der Waals surface area contributed by atoms with E-state index in [0.717, 1.165) is 23.9 Å². The Labute approximate surface area is 85.3 Å². The van der Waals surface area contributed by atoms with Crippen molar-refractivity contribution in [2.24, 2.45) is 0 Å². The van der Waals surface area contributed by atoms with Gasteiger partial charge in [0.15, 0.2) is 0 Å². The molecule has 13 heavy (non-hydrogen) atoms. The van der Waals surface area contributed by atoms with Crippen LogP contribution < -0.4 is 5.32 Å². The standard InChI is InChI=1S/C9H12BrNO2/c10-6-3-5-13-9(6)8(12)7-2-1-4-11-7/h3,5,7-8,11-12H,1-2,4H2/t7-,8?/m1/s1. The van der Waals surface area contributed by atoms with Gasteiger partial charge in [-0.05, 0) is 41.4 Å². The Kier molecular flexibility index (Phi) is 2.71. The molecule has 4 heteroatoms. The van der Waals surface area contributed by atoms with Crippen LogP contribution in [0.5, 0.6) is 0 Å². The SMILES string of the molecule is OC(c1occc1Br)[C@H]1CCCN1. The molecule has 2 rings (SSSR count). The largest absolute Gasteiger partial charge is 0.465 e. The van der Waals surface area contributed by atoms with Crippen LogP contribution in [-0.4, -0.2) is 17.7 Å². The van der Waals surface area contributed by atoms with Gasteiger partial charge in [-0.3, -0.25) is 0 Å². The van der Waals surface area contributed by atoms with Gasteiger partial charge in [-0.1, -0.05) is 0 Å². The molecule has 2 heterocycles. The van der Waals surface area contributed by atoms with E-state index in [-0.39, 0.29) is 6.04 Å². The van der Waals surface area contributed by atoms with Crippen LogP contribution in [0.1, 0.15) is 24.7 Å². The number of hydrogen-bond acceptors (Lipinski definition) is 3. The first-order valence-electron chi connectivity index (χ1n) is 4.43. The van der Waals surface area contributed by atoms with E-state index in [1.54, 1.807) is 12.3 Å². The fourth-order valence-corrected chi connectivity index (χ4v) is 2.12. The molecule has 1 aliphatic rings. The molecule has 1 aliphatic heterocycles. The Balaban J connectivity index is 2.12. The predicted octanol–water partition coefficient (Wildman–Crippen LogP) is 1.83. The van der Waals surface area contributed by atoms with Crippen molar-refractivity contribution >= 4 is 15.9 Å². The number of hydrogen-bond donors (Lipinski definition) is 2. The third kappa shape index (κ3) is 1.80. The maximum Gasteiger partial charge on any atom is 0.147 e. The second-order valence-corrected chi connectivity index (χ2v) is 4.13. The predicted molar refractivity (Wildman–Crippen MR) is 52.4 cm³/mol. The molecule has 3 nitrogen and oxygen atoms in total. The summed E-state index contributed by atoms with van der Waals surface area (Å²) in [5.74, 6) is 0.624. The summed E-state index contributed by atoms with van der Waals surface area (Å²) in [6.45, 7) is 0.986. The van der Waals surface area contributed by atoms with Crippen LogP contribution >= 0.6 is 15.9 Å². The topological polar surface area (TPSA) is 45.4 Å². The second kappa shape index (κ2) is 3.82. The lowest BCUT2D eigenvalue weighted by atomic mass is 10.1. The quantitative estimate of drug-likeness (QED) is 0.836. The Morgan fingerprint density at radius 1 is 1.69 bits per heavy atom. The van der Waals surface area contributed by atoms with Gasteiger partial charge in [-0.25, -0.2) is 0 Å². The molecule has 0 bridgehead atoms. The molecule has 0 radical (unpaired) electrons. The van der Waals surface area contributed by atoms with Crippen molar-refractivity contribution in [1.29, 1.82) is 0 Å². The first-order chi connectivity index (χ1) is 6.29. The normalized spacial score (nSPS) is 24.9. The van der Waals surface area contributed by atoms with Crippen molar-refractivity contribution in [2.75, 3.05) is 6.54 Å². The Hall–Kier alpha value is -0.320. The summed E-state index contributed by atoms with van der Waals surface area (Å²) in [6, 6.07) is 1.94. The average Bonchev–Trinajstić information content (AvgIpc) is 2.72. The zero-order chi connectivity index (χ0) is 9.26. The van der Waals surface area contributed by atoms with E-state index >= 15 is 0 Å². The van der Waals surface area contributed by atoms with Gasteiger partial charge in [-0.15, -0.1) is 0 Å². The van der Waals surface area contributed by atoms with E-state index in [9.17, 15) is 5.11 Å². The van der Waals surface area contributed by atoms with Crippen LogP contribution in [-0.2, 0) is 0 Å². The lowest BCUT2D eigenvalue weighted by molar-refractivity contribution is 0.112.